The highest BCUT2D eigenvalue weighted by atomic mass is 32.2. The molecular formula is C12H24N2O3S. The first kappa shape index (κ1) is 17.2. The van der Waals surface area contributed by atoms with Gasteiger partial charge in [-0.3, -0.25) is 4.79 Å². The molecule has 1 unspecified atom stereocenters. The SMILES string of the molecule is CSCC[C@H](NC(=O)C(CN)CC(C)C)C(=O)O. The lowest BCUT2D eigenvalue weighted by Gasteiger charge is -2.20. The van der Waals surface area contributed by atoms with Crippen molar-refractivity contribution in [2.24, 2.45) is 17.6 Å². The topological polar surface area (TPSA) is 92.4 Å². The zero-order chi connectivity index (χ0) is 14.1. The Morgan fingerprint density at radius 2 is 2.00 bits per heavy atom. The first-order chi connectivity index (χ1) is 8.42. The second kappa shape index (κ2) is 9.22. The predicted octanol–water partition coefficient (Wildman–Crippen LogP) is 0.930. The van der Waals surface area contributed by atoms with E-state index in [2.05, 4.69) is 5.32 Å². The number of carbonyl (C=O) groups excluding carboxylic acids is 1. The van der Waals surface area contributed by atoms with Crippen LogP contribution in [0.4, 0.5) is 0 Å². The summed E-state index contributed by atoms with van der Waals surface area (Å²) in [6.07, 6.45) is 3.01. The largest absolute Gasteiger partial charge is 0.480 e. The molecule has 0 aromatic rings. The molecule has 0 aliphatic heterocycles. The van der Waals surface area contributed by atoms with Crippen LogP contribution >= 0.6 is 11.8 Å². The minimum atomic E-state index is -0.988. The third-order valence-corrected chi connectivity index (χ3v) is 3.28. The van der Waals surface area contributed by atoms with Gasteiger partial charge in [-0.25, -0.2) is 4.79 Å². The lowest BCUT2D eigenvalue weighted by molar-refractivity contribution is -0.142. The van der Waals surface area contributed by atoms with Crippen LogP contribution in [-0.4, -0.2) is 41.6 Å². The molecule has 2 atom stereocenters. The number of carboxylic acid groups (broad SMARTS) is 1. The average molecular weight is 276 g/mol. The van der Waals surface area contributed by atoms with E-state index in [-0.39, 0.29) is 18.4 Å². The molecule has 0 radical (unpaired) electrons. The number of carboxylic acids is 1. The minimum absolute atomic E-state index is 0.249. The molecule has 1 amide bonds. The molecule has 4 N–H and O–H groups in total. The Balaban J connectivity index is 4.41. The van der Waals surface area contributed by atoms with Crippen LogP contribution in [0.3, 0.4) is 0 Å². The maximum Gasteiger partial charge on any atom is 0.326 e. The van der Waals surface area contributed by atoms with Crippen LogP contribution < -0.4 is 11.1 Å². The average Bonchev–Trinajstić information content (AvgIpc) is 2.30. The van der Waals surface area contributed by atoms with Crippen LogP contribution in [0.15, 0.2) is 0 Å². The summed E-state index contributed by atoms with van der Waals surface area (Å²) >= 11 is 1.56. The van der Waals surface area contributed by atoms with E-state index in [4.69, 9.17) is 10.8 Å². The number of nitrogens with one attached hydrogen (secondary N) is 1. The molecule has 5 nitrogen and oxygen atoms in total. The Labute approximate surface area is 113 Å². The van der Waals surface area contributed by atoms with E-state index in [0.29, 0.717) is 24.5 Å². The van der Waals surface area contributed by atoms with Gasteiger partial charge in [0, 0.05) is 6.54 Å². The standard InChI is InChI=1S/C12H24N2O3S/c1-8(2)6-9(7-13)11(15)14-10(12(16)17)4-5-18-3/h8-10H,4-7,13H2,1-3H3,(H,14,15)(H,16,17)/t9?,10-/m0/s1. The van der Waals surface area contributed by atoms with Gasteiger partial charge >= 0.3 is 5.97 Å². The summed E-state index contributed by atoms with van der Waals surface area (Å²) < 4.78 is 0. The lowest BCUT2D eigenvalue weighted by atomic mass is 9.96. The molecule has 0 aliphatic carbocycles. The van der Waals surface area contributed by atoms with E-state index in [1.807, 2.05) is 20.1 Å². The molecule has 106 valence electrons. The van der Waals surface area contributed by atoms with Crippen LogP contribution in [0.2, 0.25) is 0 Å². The fourth-order valence-corrected chi connectivity index (χ4v) is 2.13. The van der Waals surface area contributed by atoms with Crippen molar-refractivity contribution in [3.8, 4) is 0 Å². The van der Waals surface area contributed by atoms with Crippen LogP contribution in [0, 0.1) is 11.8 Å². The van der Waals surface area contributed by atoms with Crippen molar-refractivity contribution in [3.05, 3.63) is 0 Å². The third kappa shape index (κ3) is 6.86. The third-order valence-electron chi connectivity index (χ3n) is 2.64. The second-order valence-electron chi connectivity index (χ2n) is 4.74. The number of amides is 1. The molecule has 0 rings (SSSR count). The van der Waals surface area contributed by atoms with Gasteiger partial charge in [-0.2, -0.15) is 11.8 Å². The van der Waals surface area contributed by atoms with Gasteiger partial charge in [-0.1, -0.05) is 13.8 Å². The summed E-state index contributed by atoms with van der Waals surface area (Å²) in [5.41, 5.74) is 5.56. The van der Waals surface area contributed by atoms with Crippen LogP contribution in [0.1, 0.15) is 26.7 Å². The summed E-state index contributed by atoms with van der Waals surface area (Å²) in [6, 6.07) is -0.814. The molecular weight excluding hydrogens is 252 g/mol. The molecule has 0 aromatic carbocycles. The van der Waals surface area contributed by atoms with E-state index in [9.17, 15) is 9.59 Å². The van der Waals surface area contributed by atoms with E-state index in [0.717, 1.165) is 0 Å². The molecule has 0 saturated carbocycles. The number of hydrogen-bond acceptors (Lipinski definition) is 4. The van der Waals surface area contributed by atoms with Gasteiger partial charge in [0.1, 0.15) is 6.04 Å². The quantitative estimate of drug-likeness (QED) is 0.582. The summed E-state index contributed by atoms with van der Waals surface area (Å²) in [7, 11) is 0. The number of nitrogens with two attached hydrogens (primary N) is 1. The smallest absolute Gasteiger partial charge is 0.326 e. The number of aliphatic carboxylic acids is 1. The minimum Gasteiger partial charge on any atom is -0.480 e. The van der Waals surface area contributed by atoms with Gasteiger partial charge in [-0.15, -0.1) is 0 Å². The molecule has 0 fully saturated rings. The maximum absolute atomic E-state index is 11.9. The Morgan fingerprint density at radius 3 is 2.39 bits per heavy atom. The fourth-order valence-electron chi connectivity index (χ4n) is 1.66. The molecule has 0 heterocycles. The monoisotopic (exact) mass is 276 g/mol. The van der Waals surface area contributed by atoms with Gasteiger partial charge in [0.15, 0.2) is 0 Å². The lowest BCUT2D eigenvalue weighted by Crippen LogP contribution is -2.45. The van der Waals surface area contributed by atoms with Crippen molar-refractivity contribution >= 4 is 23.6 Å². The Kier molecular flexibility index (Phi) is 8.83. The molecule has 0 aromatic heterocycles. The van der Waals surface area contributed by atoms with Crippen LogP contribution in [0.5, 0.6) is 0 Å². The Morgan fingerprint density at radius 1 is 1.39 bits per heavy atom. The molecule has 18 heavy (non-hydrogen) atoms. The van der Waals surface area contributed by atoms with E-state index in [1.165, 1.54) is 0 Å². The van der Waals surface area contributed by atoms with Crippen molar-refractivity contribution in [3.63, 3.8) is 0 Å². The highest BCUT2D eigenvalue weighted by Crippen LogP contribution is 2.11. The first-order valence-corrected chi connectivity index (χ1v) is 7.53. The molecule has 0 saturated heterocycles. The Bertz CT molecular complexity index is 272. The normalized spacial score (nSPS) is 14.3. The van der Waals surface area contributed by atoms with Gasteiger partial charge in [0.2, 0.25) is 5.91 Å². The van der Waals surface area contributed by atoms with Gasteiger partial charge in [-0.05, 0) is 30.8 Å². The zero-order valence-corrected chi connectivity index (χ0v) is 12.1. The highest BCUT2D eigenvalue weighted by Gasteiger charge is 2.24. The second-order valence-corrected chi connectivity index (χ2v) is 5.73. The number of carbonyl (C=O) groups is 2. The first-order valence-electron chi connectivity index (χ1n) is 6.14. The predicted molar refractivity (Wildman–Crippen MR) is 74.6 cm³/mol. The van der Waals surface area contributed by atoms with E-state index in [1.54, 1.807) is 11.8 Å². The zero-order valence-electron chi connectivity index (χ0n) is 11.3. The van der Waals surface area contributed by atoms with Crippen molar-refractivity contribution < 1.29 is 14.7 Å². The summed E-state index contributed by atoms with van der Waals surface area (Å²) in [4.78, 5) is 22.9. The van der Waals surface area contributed by atoms with Crippen LogP contribution in [-0.2, 0) is 9.59 Å². The van der Waals surface area contributed by atoms with Gasteiger partial charge < -0.3 is 16.2 Å². The summed E-state index contributed by atoms with van der Waals surface area (Å²) in [5.74, 6) is -0.480. The van der Waals surface area contributed by atoms with Gasteiger partial charge in [0.05, 0.1) is 5.92 Å². The summed E-state index contributed by atoms with van der Waals surface area (Å²) in [5, 5.41) is 11.6. The van der Waals surface area contributed by atoms with Crippen molar-refractivity contribution in [1.82, 2.24) is 5.32 Å². The maximum atomic E-state index is 11.9. The summed E-state index contributed by atoms with van der Waals surface area (Å²) in [6.45, 7) is 4.27. The number of hydrogen-bond donors (Lipinski definition) is 3. The molecule has 0 bridgehead atoms. The molecule has 0 aliphatic rings. The number of rotatable bonds is 9. The van der Waals surface area contributed by atoms with Crippen molar-refractivity contribution in [2.45, 2.75) is 32.7 Å². The van der Waals surface area contributed by atoms with E-state index < -0.39 is 12.0 Å². The molecule has 6 heteroatoms. The fraction of sp³-hybridized carbons (Fsp3) is 0.833. The Hall–Kier alpha value is -0.750. The number of thioether (sulfide) groups is 1. The van der Waals surface area contributed by atoms with Crippen LogP contribution in [0.25, 0.3) is 0 Å². The van der Waals surface area contributed by atoms with Gasteiger partial charge in [0.25, 0.3) is 0 Å². The molecule has 0 spiro atoms. The highest BCUT2D eigenvalue weighted by molar-refractivity contribution is 7.98. The van der Waals surface area contributed by atoms with E-state index >= 15 is 0 Å². The van der Waals surface area contributed by atoms with Crippen molar-refractivity contribution in [2.75, 3.05) is 18.6 Å². The van der Waals surface area contributed by atoms with Crippen molar-refractivity contribution in [1.29, 1.82) is 0 Å².